The summed E-state index contributed by atoms with van der Waals surface area (Å²) in [5.74, 6) is -0.0343. The highest BCUT2D eigenvalue weighted by atomic mass is 35.5. The highest BCUT2D eigenvalue weighted by Gasteiger charge is 2.15. The smallest absolute Gasteiger partial charge is 0.246 e. The van der Waals surface area contributed by atoms with Crippen LogP contribution in [0.1, 0.15) is 19.4 Å². The van der Waals surface area contributed by atoms with Crippen LogP contribution in [0.25, 0.3) is 0 Å². The minimum atomic E-state index is -0.636. The molecule has 0 aliphatic heterocycles. The van der Waals surface area contributed by atoms with Crippen molar-refractivity contribution in [3.05, 3.63) is 59.1 Å². The second-order valence-corrected chi connectivity index (χ2v) is 5.76. The third kappa shape index (κ3) is 5.28. The Labute approximate surface area is 146 Å². The second kappa shape index (κ2) is 8.36. The van der Waals surface area contributed by atoms with Crippen molar-refractivity contribution < 1.29 is 14.3 Å². The molecule has 0 aromatic heterocycles. The molecule has 0 spiro atoms. The van der Waals surface area contributed by atoms with Crippen LogP contribution in [0.5, 0.6) is 5.75 Å². The van der Waals surface area contributed by atoms with Crippen molar-refractivity contribution in [1.82, 2.24) is 5.32 Å². The van der Waals surface area contributed by atoms with E-state index in [4.69, 9.17) is 16.3 Å². The molecule has 6 heteroatoms. The molecular weight excluding hydrogens is 328 g/mol. The highest BCUT2D eigenvalue weighted by molar-refractivity contribution is 6.30. The summed E-state index contributed by atoms with van der Waals surface area (Å²) in [6.45, 7) is 3.31. The average Bonchev–Trinajstić information content (AvgIpc) is 2.53. The maximum Gasteiger partial charge on any atom is 0.246 e. The quantitative estimate of drug-likeness (QED) is 0.842. The van der Waals surface area contributed by atoms with E-state index in [0.717, 1.165) is 5.56 Å². The van der Waals surface area contributed by atoms with Gasteiger partial charge in [-0.2, -0.15) is 0 Å². The van der Waals surface area contributed by atoms with Crippen molar-refractivity contribution in [2.24, 2.45) is 0 Å². The molecule has 0 aliphatic rings. The number of carbonyl (C=O) groups excluding carboxylic acids is 2. The fourth-order valence-corrected chi connectivity index (χ4v) is 2.31. The Balaban J connectivity index is 2.04. The van der Waals surface area contributed by atoms with Crippen LogP contribution < -0.4 is 15.4 Å². The number of rotatable bonds is 6. The van der Waals surface area contributed by atoms with Crippen molar-refractivity contribution in [2.45, 2.75) is 26.5 Å². The SMILES string of the molecule is CC(=O)N[C@@H](C)C(=O)Nc1ccccc1OCc1cccc(Cl)c1. The van der Waals surface area contributed by atoms with E-state index in [1.54, 1.807) is 31.2 Å². The van der Waals surface area contributed by atoms with Crippen molar-refractivity contribution in [1.29, 1.82) is 0 Å². The Morgan fingerprint density at radius 1 is 1.17 bits per heavy atom. The molecule has 1 atom stereocenters. The van der Waals surface area contributed by atoms with Gasteiger partial charge in [0.1, 0.15) is 18.4 Å². The number of ether oxygens (including phenoxy) is 1. The molecular formula is C18H19ClN2O3. The van der Waals surface area contributed by atoms with Crippen LogP contribution in [-0.2, 0) is 16.2 Å². The molecule has 0 bridgehead atoms. The van der Waals surface area contributed by atoms with Gasteiger partial charge in [0.2, 0.25) is 11.8 Å². The van der Waals surface area contributed by atoms with Gasteiger partial charge < -0.3 is 15.4 Å². The van der Waals surface area contributed by atoms with Crippen molar-refractivity contribution in [2.75, 3.05) is 5.32 Å². The first-order valence-electron chi connectivity index (χ1n) is 7.50. The van der Waals surface area contributed by atoms with E-state index in [1.165, 1.54) is 6.92 Å². The molecule has 0 saturated carbocycles. The number of hydrogen-bond donors (Lipinski definition) is 2. The van der Waals surface area contributed by atoms with Gasteiger partial charge in [0.05, 0.1) is 5.69 Å². The van der Waals surface area contributed by atoms with Gasteiger partial charge in [-0.1, -0.05) is 35.9 Å². The molecule has 2 rings (SSSR count). The van der Waals surface area contributed by atoms with E-state index < -0.39 is 6.04 Å². The maximum atomic E-state index is 12.1. The van der Waals surface area contributed by atoms with E-state index in [-0.39, 0.29) is 11.8 Å². The van der Waals surface area contributed by atoms with Crippen LogP contribution in [0.4, 0.5) is 5.69 Å². The summed E-state index contributed by atoms with van der Waals surface area (Å²) in [5.41, 5.74) is 1.47. The summed E-state index contributed by atoms with van der Waals surface area (Å²) in [4.78, 5) is 23.2. The number of hydrogen-bond acceptors (Lipinski definition) is 3. The number of nitrogens with one attached hydrogen (secondary N) is 2. The van der Waals surface area contributed by atoms with Crippen molar-refractivity contribution in [3.8, 4) is 5.75 Å². The molecule has 2 N–H and O–H groups in total. The lowest BCUT2D eigenvalue weighted by Gasteiger charge is -2.16. The summed E-state index contributed by atoms with van der Waals surface area (Å²) >= 11 is 5.96. The lowest BCUT2D eigenvalue weighted by Crippen LogP contribution is -2.40. The molecule has 0 saturated heterocycles. The normalized spacial score (nSPS) is 11.5. The summed E-state index contributed by atoms with van der Waals surface area (Å²) in [7, 11) is 0. The second-order valence-electron chi connectivity index (χ2n) is 5.33. The van der Waals surface area contributed by atoms with Crippen LogP contribution in [0.15, 0.2) is 48.5 Å². The first-order valence-corrected chi connectivity index (χ1v) is 7.87. The van der Waals surface area contributed by atoms with E-state index in [0.29, 0.717) is 23.1 Å². The lowest BCUT2D eigenvalue weighted by atomic mass is 10.2. The van der Waals surface area contributed by atoms with Gasteiger partial charge in [0, 0.05) is 11.9 Å². The molecule has 126 valence electrons. The predicted molar refractivity (Wildman–Crippen MR) is 94.1 cm³/mol. The van der Waals surface area contributed by atoms with Crippen LogP contribution >= 0.6 is 11.6 Å². The lowest BCUT2D eigenvalue weighted by molar-refractivity contribution is -0.124. The van der Waals surface area contributed by atoms with Gasteiger partial charge in [-0.05, 0) is 36.8 Å². The summed E-state index contributed by atoms with van der Waals surface area (Å²) in [5, 5.41) is 5.94. The van der Waals surface area contributed by atoms with E-state index in [1.807, 2.05) is 24.3 Å². The fourth-order valence-electron chi connectivity index (χ4n) is 2.10. The molecule has 0 aliphatic carbocycles. The fraction of sp³-hybridized carbons (Fsp3) is 0.222. The number of para-hydroxylation sites is 2. The standard InChI is InChI=1S/C18H19ClN2O3/c1-12(20-13(2)22)18(23)21-16-8-3-4-9-17(16)24-11-14-6-5-7-15(19)10-14/h3-10,12H,11H2,1-2H3,(H,20,22)(H,21,23)/t12-/m0/s1. The van der Waals surface area contributed by atoms with Gasteiger partial charge in [0.15, 0.2) is 0 Å². The molecule has 0 radical (unpaired) electrons. The largest absolute Gasteiger partial charge is 0.487 e. The first-order chi connectivity index (χ1) is 11.5. The third-order valence-corrected chi connectivity index (χ3v) is 3.48. The molecule has 0 heterocycles. The molecule has 2 amide bonds. The number of carbonyl (C=O) groups is 2. The number of halogens is 1. The van der Waals surface area contributed by atoms with Gasteiger partial charge >= 0.3 is 0 Å². The van der Waals surface area contributed by atoms with Crippen LogP contribution in [0, 0.1) is 0 Å². The van der Waals surface area contributed by atoms with Gasteiger partial charge in [-0.15, -0.1) is 0 Å². The molecule has 2 aromatic carbocycles. The Kier molecular flexibility index (Phi) is 6.21. The van der Waals surface area contributed by atoms with Gasteiger partial charge in [0.25, 0.3) is 0 Å². The van der Waals surface area contributed by atoms with Crippen LogP contribution in [-0.4, -0.2) is 17.9 Å². The highest BCUT2D eigenvalue weighted by Crippen LogP contribution is 2.25. The van der Waals surface area contributed by atoms with Crippen molar-refractivity contribution >= 4 is 29.1 Å². The summed E-state index contributed by atoms with van der Waals surface area (Å²) < 4.78 is 5.78. The zero-order chi connectivity index (χ0) is 17.5. The molecule has 5 nitrogen and oxygen atoms in total. The Morgan fingerprint density at radius 3 is 2.62 bits per heavy atom. The first kappa shape index (κ1) is 17.8. The van der Waals surface area contributed by atoms with E-state index in [2.05, 4.69) is 10.6 Å². The molecule has 2 aromatic rings. The maximum absolute atomic E-state index is 12.1. The molecule has 0 fully saturated rings. The number of amides is 2. The molecule has 24 heavy (non-hydrogen) atoms. The Hall–Kier alpha value is -2.53. The van der Waals surface area contributed by atoms with E-state index >= 15 is 0 Å². The van der Waals surface area contributed by atoms with E-state index in [9.17, 15) is 9.59 Å². The van der Waals surface area contributed by atoms with Crippen LogP contribution in [0.3, 0.4) is 0 Å². The predicted octanol–water partition coefficient (Wildman–Crippen LogP) is 3.38. The topological polar surface area (TPSA) is 67.4 Å². The summed E-state index contributed by atoms with van der Waals surface area (Å²) in [6.07, 6.45) is 0. The third-order valence-electron chi connectivity index (χ3n) is 3.24. The number of anilines is 1. The van der Waals surface area contributed by atoms with Gasteiger partial charge in [-0.25, -0.2) is 0 Å². The Morgan fingerprint density at radius 2 is 1.92 bits per heavy atom. The zero-order valence-electron chi connectivity index (χ0n) is 13.5. The number of benzene rings is 2. The summed E-state index contributed by atoms with van der Waals surface area (Å²) in [6, 6.07) is 13.9. The minimum absolute atomic E-state index is 0.261. The zero-order valence-corrected chi connectivity index (χ0v) is 14.3. The minimum Gasteiger partial charge on any atom is -0.487 e. The monoisotopic (exact) mass is 346 g/mol. The van der Waals surface area contributed by atoms with Gasteiger partial charge in [-0.3, -0.25) is 9.59 Å². The van der Waals surface area contributed by atoms with Crippen molar-refractivity contribution in [3.63, 3.8) is 0 Å². The van der Waals surface area contributed by atoms with Crippen LogP contribution in [0.2, 0.25) is 5.02 Å². The Bertz CT molecular complexity index is 734. The average molecular weight is 347 g/mol. The molecule has 0 unspecified atom stereocenters.